The van der Waals surface area contributed by atoms with E-state index in [-0.39, 0.29) is 17.7 Å². The van der Waals surface area contributed by atoms with Crippen LogP contribution in [0, 0.1) is 0 Å². The molecule has 0 spiro atoms. The number of hydrogen-bond acceptors (Lipinski definition) is 5. The topological polar surface area (TPSA) is 91.4 Å². The van der Waals surface area contributed by atoms with Gasteiger partial charge in [0.25, 0.3) is 5.91 Å². The quantitative estimate of drug-likeness (QED) is 0.790. The summed E-state index contributed by atoms with van der Waals surface area (Å²) in [5, 5.41) is 3.32. The molecular weight excluding hydrogens is 364 g/mol. The number of amides is 1. The van der Waals surface area contributed by atoms with Gasteiger partial charge in [-0.3, -0.25) is 14.5 Å². The molecule has 1 aliphatic rings. The van der Waals surface area contributed by atoms with Crippen molar-refractivity contribution in [2.45, 2.75) is 19.4 Å². The van der Waals surface area contributed by atoms with Crippen molar-refractivity contribution in [2.24, 2.45) is 0 Å². The highest BCUT2D eigenvalue weighted by molar-refractivity contribution is 7.92. The van der Waals surface area contributed by atoms with Crippen molar-refractivity contribution >= 4 is 21.6 Å². The zero-order chi connectivity index (χ0) is 19.3. The minimum Gasteiger partial charge on any atom is -0.329 e. The standard InChI is InChI=1S/C19H24N4O3S/c1-2-12-27(25,26)22-17-7-5-15(6-8-17)19(24)23-11-10-21-14-18(23)16-4-3-9-20-13-16/h3-9,13,18,21-22H,2,10-12,14H2,1H3. The normalized spacial score (nSPS) is 17.5. The first-order valence-corrected chi connectivity index (χ1v) is 10.7. The van der Waals surface area contributed by atoms with Gasteiger partial charge in [-0.2, -0.15) is 0 Å². The monoisotopic (exact) mass is 388 g/mol. The van der Waals surface area contributed by atoms with Crippen LogP contribution in [0.2, 0.25) is 0 Å². The number of carbonyl (C=O) groups is 1. The number of hydrogen-bond donors (Lipinski definition) is 2. The van der Waals surface area contributed by atoms with Gasteiger partial charge >= 0.3 is 0 Å². The molecule has 27 heavy (non-hydrogen) atoms. The Hall–Kier alpha value is -2.45. The summed E-state index contributed by atoms with van der Waals surface area (Å²) < 4.78 is 26.3. The van der Waals surface area contributed by atoms with Crippen LogP contribution in [0.15, 0.2) is 48.8 Å². The molecule has 1 aliphatic heterocycles. The second-order valence-corrected chi connectivity index (χ2v) is 8.34. The molecule has 3 rings (SSSR count). The Balaban J connectivity index is 1.76. The summed E-state index contributed by atoms with van der Waals surface area (Å²) in [6, 6.07) is 10.3. The molecule has 0 radical (unpaired) electrons. The van der Waals surface area contributed by atoms with Crippen LogP contribution in [0.4, 0.5) is 5.69 Å². The van der Waals surface area contributed by atoms with E-state index in [2.05, 4.69) is 15.0 Å². The molecule has 1 atom stereocenters. The van der Waals surface area contributed by atoms with Gasteiger partial charge < -0.3 is 10.2 Å². The van der Waals surface area contributed by atoms with Crippen LogP contribution < -0.4 is 10.0 Å². The molecule has 1 fully saturated rings. The van der Waals surface area contributed by atoms with Crippen molar-refractivity contribution in [1.82, 2.24) is 15.2 Å². The minimum absolute atomic E-state index is 0.0707. The zero-order valence-electron chi connectivity index (χ0n) is 15.3. The number of nitrogens with zero attached hydrogens (tertiary/aromatic N) is 2. The Morgan fingerprint density at radius 2 is 2.07 bits per heavy atom. The second-order valence-electron chi connectivity index (χ2n) is 6.50. The lowest BCUT2D eigenvalue weighted by molar-refractivity contribution is 0.0634. The number of benzene rings is 1. The van der Waals surface area contributed by atoms with E-state index in [9.17, 15) is 13.2 Å². The molecule has 2 aromatic rings. The van der Waals surface area contributed by atoms with Crippen LogP contribution in [0.1, 0.15) is 35.3 Å². The highest BCUT2D eigenvalue weighted by Crippen LogP contribution is 2.24. The molecule has 1 aromatic heterocycles. The Labute approximate surface area is 159 Å². The number of piperazine rings is 1. The van der Waals surface area contributed by atoms with E-state index in [1.807, 2.05) is 24.0 Å². The molecule has 1 saturated heterocycles. The molecule has 2 heterocycles. The van der Waals surface area contributed by atoms with Crippen LogP contribution in [0.5, 0.6) is 0 Å². The van der Waals surface area contributed by atoms with Crippen LogP contribution in [-0.4, -0.2) is 49.6 Å². The first-order chi connectivity index (χ1) is 13.0. The molecule has 1 unspecified atom stereocenters. The van der Waals surface area contributed by atoms with Crippen molar-refractivity contribution in [3.05, 3.63) is 59.9 Å². The number of sulfonamides is 1. The lowest BCUT2D eigenvalue weighted by Crippen LogP contribution is -2.48. The zero-order valence-corrected chi connectivity index (χ0v) is 16.1. The van der Waals surface area contributed by atoms with Crippen molar-refractivity contribution in [1.29, 1.82) is 0 Å². The molecule has 0 saturated carbocycles. The minimum atomic E-state index is -3.34. The number of rotatable bonds is 6. The predicted molar refractivity (Wildman–Crippen MR) is 105 cm³/mol. The lowest BCUT2D eigenvalue weighted by Gasteiger charge is -2.36. The number of anilines is 1. The predicted octanol–water partition coefficient (Wildman–Crippen LogP) is 2.02. The molecule has 1 aromatic carbocycles. The van der Waals surface area contributed by atoms with Gasteiger partial charge in [-0.1, -0.05) is 13.0 Å². The highest BCUT2D eigenvalue weighted by Gasteiger charge is 2.28. The Morgan fingerprint density at radius 1 is 1.30 bits per heavy atom. The van der Waals surface area contributed by atoms with Gasteiger partial charge in [-0.15, -0.1) is 0 Å². The summed E-state index contributed by atoms with van der Waals surface area (Å²) in [5.74, 6) is -0.00495. The third-order valence-corrected chi connectivity index (χ3v) is 5.94. The van der Waals surface area contributed by atoms with E-state index < -0.39 is 10.0 Å². The first kappa shape index (κ1) is 19.3. The summed E-state index contributed by atoms with van der Waals surface area (Å²) in [4.78, 5) is 19.0. The van der Waals surface area contributed by atoms with E-state index in [1.165, 1.54) is 0 Å². The van der Waals surface area contributed by atoms with Gasteiger partial charge in [0.15, 0.2) is 0 Å². The summed E-state index contributed by atoms with van der Waals surface area (Å²) in [7, 11) is -3.34. The average Bonchev–Trinajstić information content (AvgIpc) is 2.68. The summed E-state index contributed by atoms with van der Waals surface area (Å²) in [6.07, 6.45) is 4.04. The number of aromatic nitrogens is 1. The third-order valence-electron chi connectivity index (χ3n) is 4.45. The number of nitrogens with one attached hydrogen (secondary N) is 2. The van der Waals surface area contributed by atoms with Crippen molar-refractivity contribution in [3.63, 3.8) is 0 Å². The summed E-state index contributed by atoms with van der Waals surface area (Å²) in [6.45, 7) is 3.82. The van der Waals surface area contributed by atoms with E-state index in [4.69, 9.17) is 0 Å². The fourth-order valence-corrected chi connectivity index (χ4v) is 4.30. The molecule has 144 valence electrons. The molecule has 8 heteroatoms. The second kappa shape index (κ2) is 8.49. The highest BCUT2D eigenvalue weighted by atomic mass is 32.2. The Kier molecular flexibility index (Phi) is 6.08. The van der Waals surface area contributed by atoms with Crippen LogP contribution in [-0.2, 0) is 10.0 Å². The number of pyridine rings is 1. The third kappa shape index (κ3) is 4.84. The maximum atomic E-state index is 13.0. The van der Waals surface area contributed by atoms with Crippen molar-refractivity contribution in [2.75, 3.05) is 30.1 Å². The Morgan fingerprint density at radius 3 is 2.74 bits per heavy atom. The summed E-state index contributed by atoms with van der Waals surface area (Å²) >= 11 is 0. The van der Waals surface area contributed by atoms with Gasteiger partial charge in [-0.25, -0.2) is 8.42 Å². The van der Waals surface area contributed by atoms with Gasteiger partial charge in [0.05, 0.1) is 11.8 Å². The van der Waals surface area contributed by atoms with Crippen LogP contribution >= 0.6 is 0 Å². The van der Waals surface area contributed by atoms with Gasteiger partial charge in [0.1, 0.15) is 0 Å². The van der Waals surface area contributed by atoms with Gasteiger partial charge in [-0.05, 0) is 42.3 Å². The van der Waals surface area contributed by atoms with E-state index >= 15 is 0 Å². The SMILES string of the molecule is CCCS(=O)(=O)Nc1ccc(C(=O)N2CCNCC2c2cccnc2)cc1. The molecule has 7 nitrogen and oxygen atoms in total. The molecule has 0 aliphatic carbocycles. The number of carbonyl (C=O) groups excluding carboxylic acids is 1. The van der Waals surface area contributed by atoms with E-state index in [1.54, 1.807) is 36.7 Å². The van der Waals surface area contributed by atoms with Crippen molar-refractivity contribution < 1.29 is 13.2 Å². The fraction of sp³-hybridized carbons (Fsp3) is 0.368. The van der Waals surface area contributed by atoms with Crippen LogP contribution in [0.3, 0.4) is 0 Å². The maximum absolute atomic E-state index is 13.0. The van der Waals surface area contributed by atoms with Gasteiger partial charge in [0, 0.05) is 43.3 Å². The maximum Gasteiger partial charge on any atom is 0.254 e. The van der Waals surface area contributed by atoms with E-state index in [0.29, 0.717) is 30.8 Å². The lowest BCUT2D eigenvalue weighted by atomic mass is 10.0. The molecule has 1 amide bonds. The Bertz CT molecular complexity index is 870. The van der Waals surface area contributed by atoms with Crippen LogP contribution in [0.25, 0.3) is 0 Å². The smallest absolute Gasteiger partial charge is 0.254 e. The molecule has 2 N–H and O–H groups in total. The van der Waals surface area contributed by atoms with Crippen molar-refractivity contribution in [3.8, 4) is 0 Å². The molecule has 0 bridgehead atoms. The fourth-order valence-electron chi connectivity index (χ4n) is 3.16. The van der Waals surface area contributed by atoms with Gasteiger partial charge in [0.2, 0.25) is 10.0 Å². The average molecular weight is 388 g/mol. The summed E-state index contributed by atoms with van der Waals surface area (Å²) in [5.41, 5.74) is 1.98. The van der Waals surface area contributed by atoms with E-state index in [0.717, 1.165) is 12.1 Å². The molecular formula is C19H24N4O3S. The largest absolute Gasteiger partial charge is 0.329 e. The first-order valence-electron chi connectivity index (χ1n) is 9.02.